The van der Waals surface area contributed by atoms with E-state index in [2.05, 4.69) is 20.3 Å². The summed E-state index contributed by atoms with van der Waals surface area (Å²) in [5, 5.41) is 2.83. The summed E-state index contributed by atoms with van der Waals surface area (Å²) in [5.41, 5.74) is 0. The van der Waals surface area contributed by atoms with E-state index in [1.54, 1.807) is 19.4 Å². The van der Waals surface area contributed by atoms with Crippen LogP contribution < -0.4 is 14.8 Å². The zero-order chi connectivity index (χ0) is 13.5. The van der Waals surface area contributed by atoms with Crippen LogP contribution in [-0.4, -0.2) is 28.6 Å². The molecule has 0 aliphatic rings. The van der Waals surface area contributed by atoms with Crippen LogP contribution in [0.15, 0.2) is 22.8 Å². The molecule has 0 fully saturated rings. The van der Waals surface area contributed by atoms with Crippen LogP contribution in [0, 0.1) is 0 Å². The average Bonchev–Trinajstić information content (AvgIpc) is 2.96. The van der Waals surface area contributed by atoms with Gasteiger partial charge >= 0.3 is 12.0 Å². The molecule has 0 saturated heterocycles. The molecule has 0 radical (unpaired) electrons. The molecule has 2 rings (SSSR count). The minimum absolute atomic E-state index is 0.196. The summed E-state index contributed by atoms with van der Waals surface area (Å²) in [4.78, 5) is 12.2. The van der Waals surface area contributed by atoms with E-state index in [1.165, 1.54) is 0 Å². The highest BCUT2D eigenvalue weighted by molar-refractivity contribution is 5.26. The van der Waals surface area contributed by atoms with Crippen molar-refractivity contribution >= 4 is 5.95 Å². The molecule has 0 atom stereocenters. The molecule has 2 heterocycles. The molecule has 0 saturated carbocycles. The molecule has 2 aromatic rings. The summed E-state index contributed by atoms with van der Waals surface area (Å²) in [5.74, 6) is 1.10. The highest BCUT2D eigenvalue weighted by Gasteiger charge is 2.08. The van der Waals surface area contributed by atoms with E-state index in [0.717, 1.165) is 6.42 Å². The van der Waals surface area contributed by atoms with Crippen molar-refractivity contribution < 1.29 is 13.9 Å². The number of aromatic nitrogens is 3. The van der Waals surface area contributed by atoms with Crippen LogP contribution in [0.1, 0.15) is 19.1 Å². The fourth-order valence-corrected chi connectivity index (χ4v) is 1.30. The molecule has 0 aliphatic heterocycles. The maximum absolute atomic E-state index is 5.44. The lowest BCUT2D eigenvalue weighted by Gasteiger charge is -2.07. The summed E-state index contributed by atoms with van der Waals surface area (Å²) in [6.07, 6.45) is 2.46. The lowest BCUT2D eigenvalue weighted by molar-refractivity contribution is 0.236. The third-order valence-electron chi connectivity index (χ3n) is 2.18. The van der Waals surface area contributed by atoms with Gasteiger partial charge in [0.25, 0.3) is 0 Å². The van der Waals surface area contributed by atoms with Crippen molar-refractivity contribution in [3.8, 4) is 12.0 Å². The Labute approximate surface area is 111 Å². The molecular weight excluding hydrogens is 248 g/mol. The van der Waals surface area contributed by atoms with Gasteiger partial charge in [-0.1, -0.05) is 6.92 Å². The molecule has 7 heteroatoms. The third-order valence-corrected chi connectivity index (χ3v) is 2.18. The average molecular weight is 264 g/mol. The van der Waals surface area contributed by atoms with Crippen molar-refractivity contribution in [2.75, 3.05) is 19.0 Å². The molecule has 0 bridgehead atoms. The number of rotatable bonds is 7. The quantitative estimate of drug-likeness (QED) is 0.817. The maximum Gasteiger partial charge on any atom is 0.324 e. The first-order valence-electron chi connectivity index (χ1n) is 6.03. The second kappa shape index (κ2) is 6.58. The van der Waals surface area contributed by atoms with Gasteiger partial charge in [-0.15, -0.1) is 4.98 Å². The van der Waals surface area contributed by atoms with Gasteiger partial charge in [0, 0.05) is 7.05 Å². The lowest BCUT2D eigenvalue weighted by Crippen LogP contribution is -2.07. The van der Waals surface area contributed by atoms with Crippen LogP contribution in [0.5, 0.6) is 12.0 Å². The van der Waals surface area contributed by atoms with Gasteiger partial charge < -0.3 is 19.2 Å². The summed E-state index contributed by atoms with van der Waals surface area (Å²) in [6, 6.07) is 4.05. The molecule has 0 aliphatic carbocycles. The van der Waals surface area contributed by atoms with Gasteiger partial charge in [0.2, 0.25) is 5.95 Å². The summed E-state index contributed by atoms with van der Waals surface area (Å²) in [7, 11) is 1.72. The smallest absolute Gasteiger partial charge is 0.324 e. The number of nitrogens with one attached hydrogen (secondary N) is 1. The van der Waals surface area contributed by atoms with Crippen molar-refractivity contribution in [1.82, 2.24) is 15.0 Å². The van der Waals surface area contributed by atoms with Gasteiger partial charge in [-0.3, -0.25) is 0 Å². The molecule has 7 nitrogen and oxygen atoms in total. The molecule has 102 valence electrons. The number of nitrogens with zero attached hydrogens (tertiary/aromatic N) is 3. The Bertz CT molecular complexity index is 502. The Balaban J connectivity index is 2.05. The van der Waals surface area contributed by atoms with Crippen molar-refractivity contribution in [3.05, 3.63) is 24.2 Å². The Kier molecular flexibility index (Phi) is 4.54. The van der Waals surface area contributed by atoms with Gasteiger partial charge in [-0.2, -0.15) is 9.97 Å². The second-order valence-electron chi connectivity index (χ2n) is 3.69. The van der Waals surface area contributed by atoms with Crippen LogP contribution in [0.3, 0.4) is 0 Å². The van der Waals surface area contributed by atoms with E-state index in [9.17, 15) is 0 Å². The monoisotopic (exact) mass is 264 g/mol. The van der Waals surface area contributed by atoms with Gasteiger partial charge in [0.15, 0.2) is 0 Å². The SMILES string of the molecule is CCCOc1nc(NC)nc(OCc2ccco2)n1. The highest BCUT2D eigenvalue weighted by Crippen LogP contribution is 2.14. The van der Waals surface area contributed by atoms with Gasteiger partial charge in [-0.25, -0.2) is 0 Å². The van der Waals surface area contributed by atoms with Crippen molar-refractivity contribution in [1.29, 1.82) is 0 Å². The zero-order valence-electron chi connectivity index (χ0n) is 10.9. The van der Waals surface area contributed by atoms with Crippen LogP contribution in [0.4, 0.5) is 5.95 Å². The van der Waals surface area contributed by atoms with E-state index < -0.39 is 0 Å². The van der Waals surface area contributed by atoms with Gasteiger partial charge in [-0.05, 0) is 18.6 Å². The number of ether oxygens (including phenoxy) is 2. The van der Waals surface area contributed by atoms with Gasteiger partial charge in [0.1, 0.15) is 12.4 Å². The molecular formula is C12H16N4O3. The highest BCUT2D eigenvalue weighted by atomic mass is 16.5. The standard InChI is InChI=1S/C12H16N4O3/c1-3-6-18-11-14-10(13-2)15-12(16-11)19-8-9-5-4-7-17-9/h4-5,7H,3,6,8H2,1-2H3,(H,13,14,15,16). The number of anilines is 1. The first-order chi connectivity index (χ1) is 9.31. The maximum atomic E-state index is 5.44. The predicted molar refractivity (Wildman–Crippen MR) is 68.2 cm³/mol. The first kappa shape index (κ1) is 13.1. The molecule has 0 unspecified atom stereocenters. The van der Waals surface area contributed by atoms with Crippen LogP contribution in [0.25, 0.3) is 0 Å². The normalized spacial score (nSPS) is 10.2. The van der Waals surface area contributed by atoms with Crippen LogP contribution >= 0.6 is 0 Å². The van der Waals surface area contributed by atoms with E-state index in [1.807, 2.05) is 13.0 Å². The molecule has 19 heavy (non-hydrogen) atoms. The number of hydrogen-bond donors (Lipinski definition) is 1. The topological polar surface area (TPSA) is 82.3 Å². The minimum Gasteiger partial charge on any atom is -0.466 e. The fourth-order valence-electron chi connectivity index (χ4n) is 1.30. The molecule has 1 N–H and O–H groups in total. The fraction of sp³-hybridized carbons (Fsp3) is 0.417. The van der Waals surface area contributed by atoms with E-state index in [0.29, 0.717) is 18.3 Å². The molecule has 2 aromatic heterocycles. The Morgan fingerprint density at radius 3 is 2.63 bits per heavy atom. The second-order valence-corrected chi connectivity index (χ2v) is 3.69. The van der Waals surface area contributed by atoms with Gasteiger partial charge in [0.05, 0.1) is 12.9 Å². The lowest BCUT2D eigenvalue weighted by atomic mass is 10.5. The molecule has 0 amide bonds. The third kappa shape index (κ3) is 3.84. The Morgan fingerprint density at radius 2 is 2.00 bits per heavy atom. The summed E-state index contributed by atoms with van der Waals surface area (Å²) in [6.45, 7) is 2.81. The minimum atomic E-state index is 0.196. The largest absolute Gasteiger partial charge is 0.466 e. The Hall–Kier alpha value is -2.31. The zero-order valence-corrected chi connectivity index (χ0v) is 10.9. The first-order valence-corrected chi connectivity index (χ1v) is 6.03. The van der Waals surface area contributed by atoms with E-state index >= 15 is 0 Å². The summed E-state index contributed by atoms with van der Waals surface area (Å²) < 4.78 is 16.0. The van der Waals surface area contributed by atoms with Crippen LogP contribution in [0.2, 0.25) is 0 Å². The van der Waals surface area contributed by atoms with E-state index in [4.69, 9.17) is 13.9 Å². The predicted octanol–water partition coefficient (Wildman–Crippen LogP) is 1.87. The summed E-state index contributed by atoms with van der Waals surface area (Å²) >= 11 is 0. The van der Waals surface area contributed by atoms with E-state index in [-0.39, 0.29) is 18.6 Å². The van der Waals surface area contributed by atoms with Crippen molar-refractivity contribution in [2.24, 2.45) is 0 Å². The number of furan rings is 1. The Morgan fingerprint density at radius 1 is 1.21 bits per heavy atom. The van der Waals surface area contributed by atoms with Crippen LogP contribution in [-0.2, 0) is 6.61 Å². The van der Waals surface area contributed by atoms with Crippen molar-refractivity contribution in [2.45, 2.75) is 20.0 Å². The number of hydrogen-bond acceptors (Lipinski definition) is 7. The molecule has 0 aromatic carbocycles. The molecule has 0 spiro atoms. The van der Waals surface area contributed by atoms with Crippen molar-refractivity contribution in [3.63, 3.8) is 0 Å².